The summed E-state index contributed by atoms with van der Waals surface area (Å²) < 4.78 is 18.4. The van der Waals surface area contributed by atoms with Crippen molar-refractivity contribution in [1.82, 2.24) is 0 Å². The van der Waals surface area contributed by atoms with Crippen molar-refractivity contribution in [3.8, 4) is 5.75 Å². The lowest BCUT2D eigenvalue weighted by atomic mass is 10.1. The fourth-order valence-corrected chi connectivity index (χ4v) is 1.88. The predicted molar refractivity (Wildman–Crippen MR) is 72.1 cm³/mol. The molecular weight excluding hydrogens is 243 g/mol. The van der Waals surface area contributed by atoms with E-state index in [0.717, 1.165) is 5.56 Å². The second-order valence-electron chi connectivity index (χ2n) is 4.44. The first-order chi connectivity index (χ1) is 9.08. The number of hydrogen-bond donors (Lipinski definition) is 0. The number of carbonyl (C=O) groups is 1. The van der Waals surface area contributed by atoms with Gasteiger partial charge >= 0.3 is 0 Å². The van der Waals surface area contributed by atoms with Crippen molar-refractivity contribution in [3.63, 3.8) is 0 Å². The van der Waals surface area contributed by atoms with Crippen LogP contribution in [0.1, 0.15) is 21.5 Å². The van der Waals surface area contributed by atoms with Crippen LogP contribution >= 0.6 is 0 Å². The quantitative estimate of drug-likeness (QED) is 0.781. The molecule has 0 N–H and O–H groups in total. The van der Waals surface area contributed by atoms with Crippen molar-refractivity contribution in [1.29, 1.82) is 0 Å². The summed E-state index contributed by atoms with van der Waals surface area (Å²) in [5.41, 5.74) is 2.26. The molecule has 0 unspecified atom stereocenters. The Morgan fingerprint density at radius 3 is 2.53 bits per heavy atom. The van der Waals surface area contributed by atoms with Crippen molar-refractivity contribution >= 4 is 5.78 Å². The van der Waals surface area contributed by atoms with E-state index in [0.29, 0.717) is 16.9 Å². The molecule has 0 fully saturated rings. The van der Waals surface area contributed by atoms with Crippen LogP contribution in [0.4, 0.5) is 4.39 Å². The van der Waals surface area contributed by atoms with Crippen LogP contribution in [0.15, 0.2) is 42.5 Å². The predicted octanol–water partition coefficient (Wildman–Crippen LogP) is 3.70. The number of aryl methyl sites for hydroxylation is 2. The second-order valence-corrected chi connectivity index (χ2v) is 4.44. The lowest BCUT2D eigenvalue weighted by Crippen LogP contribution is -2.13. The number of halogens is 1. The third kappa shape index (κ3) is 3.19. The van der Waals surface area contributed by atoms with Crippen molar-refractivity contribution < 1.29 is 13.9 Å². The van der Waals surface area contributed by atoms with Crippen LogP contribution in [0, 0.1) is 19.7 Å². The van der Waals surface area contributed by atoms with Crippen LogP contribution in [-0.2, 0) is 0 Å². The fraction of sp³-hybridized carbons (Fsp3) is 0.188. The van der Waals surface area contributed by atoms with Crippen LogP contribution < -0.4 is 4.74 Å². The van der Waals surface area contributed by atoms with Crippen LogP contribution in [0.2, 0.25) is 0 Å². The minimum Gasteiger partial charge on any atom is -0.485 e. The highest BCUT2D eigenvalue weighted by Crippen LogP contribution is 2.19. The first kappa shape index (κ1) is 13.3. The Balaban J connectivity index is 2.07. The zero-order chi connectivity index (χ0) is 13.8. The Morgan fingerprint density at radius 1 is 1.11 bits per heavy atom. The molecule has 2 nitrogen and oxygen atoms in total. The topological polar surface area (TPSA) is 26.3 Å². The summed E-state index contributed by atoms with van der Waals surface area (Å²) in [4.78, 5) is 12.0. The van der Waals surface area contributed by atoms with E-state index in [-0.39, 0.29) is 18.2 Å². The van der Waals surface area contributed by atoms with E-state index >= 15 is 0 Å². The van der Waals surface area contributed by atoms with Gasteiger partial charge in [-0.3, -0.25) is 4.79 Å². The number of hydrogen-bond acceptors (Lipinski definition) is 2. The number of Topliss-reactive ketones (excluding diaryl/α,β-unsaturated/α-hetero) is 1. The molecule has 2 aromatic rings. The van der Waals surface area contributed by atoms with E-state index < -0.39 is 0 Å². The molecule has 0 spiro atoms. The molecule has 2 aromatic carbocycles. The van der Waals surface area contributed by atoms with Crippen LogP contribution in [-0.4, -0.2) is 12.4 Å². The Kier molecular flexibility index (Phi) is 3.95. The number of ether oxygens (including phenoxy) is 1. The first-order valence-electron chi connectivity index (χ1n) is 6.05. The molecule has 0 amide bonds. The average Bonchev–Trinajstić information content (AvgIpc) is 2.38. The summed E-state index contributed by atoms with van der Waals surface area (Å²) in [6.45, 7) is 3.59. The summed E-state index contributed by atoms with van der Waals surface area (Å²) >= 11 is 0. The first-order valence-corrected chi connectivity index (χ1v) is 6.05. The van der Waals surface area contributed by atoms with E-state index in [1.54, 1.807) is 13.0 Å². The van der Waals surface area contributed by atoms with Crippen molar-refractivity contribution in [2.75, 3.05) is 6.61 Å². The van der Waals surface area contributed by atoms with Gasteiger partial charge in [0.25, 0.3) is 0 Å². The molecule has 98 valence electrons. The van der Waals surface area contributed by atoms with Gasteiger partial charge in [0.05, 0.1) is 0 Å². The molecule has 0 aliphatic rings. The molecule has 3 heteroatoms. The molecule has 0 aliphatic carbocycles. The smallest absolute Gasteiger partial charge is 0.200 e. The lowest BCUT2D eigenvalue weighted by Gasteiger charge is -2.09. The fourth-order valence-electron chi connectivity index (χ4n) is 1.88. The van der Waals surface area contributed by atoms with Crippen molar-refractivity contribution in [3.05, 3.63) is 65.0 Å². The van der Waals surface area contributed by atoms with Crippen LogP contribution in [0.25, 0.3) is 0 Å². The molecule has 2 rings (SSSR count). The maximum Gasteiger partial charge on any atom is 0.200 e. The van der Waals surface area contributed by atoms with Crippen LogP contribution in [0.3, 0.4) is 0 Å². The highest BCUT2D eigenvalue weighted by molar-refractivity contribution is 5.98. The second kappa shape index (κ2) is 5.65. The van der Waals surface area contributed by atoms with Crippen molar-refractivity contribution in [2.45, 2.75) is 13.8 Å². The minimum atomic E-state index is -0.310. The summed E-state index contributed by atoms with van der Waals surface area (Å²) in [6, 6.07) is 11.6. The largest absolute Gasteiger partial charge is 0.485 e. The summed E-state index contributed by atoms with van der Waals surface area (Å²) in [7, 11) is 0. The zero-order valence-corrected chi connectivity index (χ0v) is 10.9. The zero-order valence-electron chi connectivity index (χ0n) is 10.9. The van der Waals surface area contributed by atoms with E-state index in [2.05, 4.69) is 0 Å². The van der Waals surface area contributed by atoms with Gasteiger partial charge in [0.2, 0.25) is 0 Å². The lowest BCUT2D eigenvalue weighted by molar-refractivity contribution is 0.0920. The Labute approximate surface area is 111 Å². The highest BCUT2D eigenvalue weighted by atomic mass is 19.1. The van der Waals surface area contributed by atoms with Gasteiger partial charge in [-0.25, -0.2) is 4.39 Å². The third-order valence-corrected chi connectivity index (χ3v) is 2.94. The average molecular weight is 258 g/mol. The molecule has 0 aliphatic heterocycles. The number of carbonyl (C=O) groups excluding carboxylic acids is 1. The molecule has 0 bridgehead atoms. The SMILES string of the molecule is Cc1cc(F)ccc1OCC(=O)c1ccccc1C. The van der Waals surface area contributed by atoms with Crippen LogP contribution in [0.5, 0.6) is 5.75 Å². The van der Waals surface area contributed by atoms with E-state index in [9.17, 15) is 9.18 Å². The van der Waals surface area contributed by atoms with Gasteiger partial charge in [-0.15, -0.1) is 0 Å². The maximum atomic E-state index is 12.9. The summed E-state index contributed by atoms with van der Waals surface area (Å²) in [6.07, 6.45) is 0. The molecule has 0 atom stereocenters. The standard InChI is InChI=1S/C16H15FO2/c1-11-5-3-4-6-14(11)15(18)10-19-16-8-7-13(17)9-12(16)2/h3-9H,10H2,1-2H3. The molecule has 0 heterocycles. The summed E-state index contributed by atoms with van der Waals surface area (Å²) in [5, 5.41) is 0. The minimum absolute atomic E-state index is 0.0443. The molecular formula is C16H15FO2. The Hall–Kier alpha value is -2.16. The third-order valence-electron chi connectivity index (χ3n) is 2.94. The van der Waals surface area contributed by atoms with Gasteiger partial charge in [0.15, 0.2) is 12.4 Å². The van der Waals surface area contributed by atoms with Gasteiger partial charge in [-0.2, -0.15) is 0 Å². The number of benzene rings is 2. The van der Waals surface area contributed by atoms with E-state index in [4.69, 9.17) is 4.74 Å². The Bertz CT molecular complexity index is 605. The van der Waals surface area contributed by atoms with E-state index in [1.165, 1.54) is 18.2 Å². The molecule has 0 saturated heterocycles. The molecule has 19 heavy (non-hydrogen) atoms. The molecule has 0 aromatic heterocycles. The van der Waals surface area contributed by atoms with Crippen molar-refractivity contribution in [2.24, 2.45) is 0 Å². The Morgan fingerprint density at radius 2 is 1.84 bits per heavy atom. The molecule has 0 radical (unpaired) electrons. The molecule has 0 saturated carbocycles. The van der Waals surface area contributed by atoms with Gasteiger partial charge in [-0.1, -0.05) is 24.3 Å². The highest BCUT2D eigenvalue weighted by Gasteiger charge is 2.10. The summed E-state index contributed by atoms with van der Waals surface area (Å²) in [5.74, 6) is 0.139. The van der Waals surface area contributed by atoms with Gasteiger partial charge in [0, 0.05) is 5.56 Å². The number of rotatable bonds is 4. The monoisotopic (exact) mass is 258 g/mol. The van der Waals surface area contributed by atoms with Gasteiger partial charge in [0.1, 0.15) is 11.6 Å². The van der Waals surface area contributed by atoms with E-state index in [1.807, 2.05) is 25.1 Å². The maximum absolute atomic E-state index is 12.9. The normalized spacial score (nSPS) is 10.3. The number of ketones is 1. The van der Waals surface area contributed by atoms with Gasteiger partial charge in [-0.05, 0) is 43.2 Å². The van der Waals surface area contributed by atoms with Gasteiger partial charge < -0.3 is 4.74 Å².